The van der Waals surface area contributed by atoms with Gasteiger partial charge in [-0.25, -0.2) is 0 Å². The van der Waals surface area contributed by atoms with Gasteiger partial charge in [0.05, 0.1) is 18.1 Å². The van der Waals surface area contributed by atoms with Crippen molar-refractivity contribution in [3.8, 4) is 0 Å². The first-order valence-corrected chi connectivity index (χ1v) is 13.0. The molecule has 0 aromatic carbocycles. The lowest BCUT2D eigenvalue weighted by Crippen LogP contribution is -2.61. The van der Waals surface area contributed by atoms with Crippen molar-refractivity contribution in [2.75, 3.05) is 12.3 Å². The summed E-state index contributed by atoms with van der Waals surface area (Å²) in [5.41, 5.74) is 6.98. The number of thioether (sulfide) groups is 1. The van der Waals surface area contributed by atoms with Crippen LogP contribution >= 0.6 is 11.8 Å². The van der Waals surface area contributed by atoms with E-state index in [1.54, 1.807) is 6.26 Å². The summed E-state index contributed by atoms with van der Waals surface area (Å²) in [6.07, 6.45) is 14.9. The zero-order chi connectivity index (χ0) is 20.3. The van der Waals surface area contributed by atoms with E-state index >= 15 is 0 Å². The van der Waals surface area contributed by atoms with Crippen LogP contribution in [0.4, 0.5) is 0 Å². The molecule has 0 bridgehead atoms. The van der Waals surface area contributed by atoms with Crippen LogP contribution in [0.2, 0.25) is 0 Å². The van der Waals surface area contributed by atoms with Gasteiger partial charge in [-0.05, 0) is 98.5 Å². The third-order valence-corrected chi connectivity index (χ3v) is 11.6. The first-order chi connectivity index (χ1) is 13.9. The first-order valence-electron chi connectivity index (χ1n) is 12.0. The molecular weight excluding hydrogens is 378 g/mol. The maximum absolute atomic E-state index is 12.3. The highest BCUT2D eigenvalue weighted by molar-refractivity contribution is 7.99. The lowest BCUT2D eigenvalue weighted by Gasteiger charge is -2.63. The van der Waals surface area contributed by atoms with E-state index in [1.807, 2.05) is 6.26 Å². The van der Waals surface area contributed by atoms with E-state index in [4.69, 9.17) is 10.2 Å². The molecule has 3 N–H and O–H groups in total. The van der Waals surface area contributed by atoms with E-state index in [-0.39, 0.29) is 5.41 Å². The molecule has 4 fully saturated rings. The van der Waals surface area contributed by atoms with E-state index in [0.717, 1.165) is 42.7 Å². The predicted molar refractivity (Wildman–Crippen MR) is 120 cm³/mol. The van der Waals surface area contributed by atoms with Gasteiger partial charge in [-0.2, -0.15) is 11.8 Å². The summed E-state index contributed by atoms with van der Waals surface area (Å²) in [6.45, 7) is 5.78. The first kappa shape index (κ1) is 20.5. The van der Waals surface area contributed by atoms with Crippen molar-refractivity contribution in [2.24, 2.45) is 34.3 Å². The van der Waals surface area contributed by atoms with Gasteiger partial charge < -0.3 is 15.3 Å². The zero-order valence-corrected chi connectivity index (χ0v) is 19.1. The Morgan fingerprint density at radius 1 is 1.10 bits per heavy atom. The van der Waals surface area contributed by atoms with Crippen molar-refractivity contribution >= 4 is 11.8 Å². The fourth-order valence-electron chi connectivity index (χ4n) is 8.58. The van der Waals surface area contributed by atoms with Gasteiger partial charge in [0, 0.05) is 23.0 Å². The third-order valence-electron chi connectivity index (χ3n) is 10.2. The second-order valence-electron chi connectivity index (χ2n) is 11.1. The number of rotatable bonds is 4. The molecule has 0 radical (unpaired) electrons. The van der Waals surface area contributed by atoms with Crippen LogP contribution in [0.3, 0.4) is 0 Å². The summed E-state index contributed by atoms with van der Waals surface area (Å²) >= 11 is 2.11. The van der Waals surface area contributed by atoms with Gasteiger partial charge in [-0.1, -0.05) is 13.8 Å². The van der Waals surface area contributed by atoms with Gasteiger partial charge in [0.1, 0.15) is 0 Å². The standard InChI is InChI=1S/C25H39NO2S/c1-23-9-5-19(29-14-12-26)15-18(23)3-4-22-21(23)6-10-24(2)20(7-11-25(22,24)27)17-8-13-28-16-17/h8,13,16,18-22,27H,3-7,9-12,14-15,26H2,1-2H3/t18-,19+,20-,21+,22-,23+,24-,25+/m1/s1. The molecular formula is C25H39NO2S. The fraction of sp³-hybridized carbons (Fsp3) is 0.840. The van der Waals surface area contributed by atoms with Crippen molar-refractivity contribution in [1.29, 1.82) is 0 Å². The van der Waals surface area contributed by atoms with Crippen LogP contribution in [0.15, 0.2) is 23.0 Å². The van der Waals surface area contributed by atoms with Crippen molar-refractivity contribution in [3.63, 3.8) is 0 Å². The topological polar surface area (TPSA) is 59.4 Å². The monoisotopic (exact) mass is 417 g/mol. The summed E-state index contributed by atoms with van der Waals surface area (Å²) in [6, 6.07) is 2.13. The second-order valence-corrected chi connectivity index (χ2v) is 12.5. The molecule has 0 spiro atoms. The molecule has 0 saturated heterocycles. The van der Waals surface area contributed by atoms with Crippen LogP contribution in [0, 0.1) is 28.6 Å². The van der Waals surface area contributed by atoms with Crippen molar-refractivity contribution in [3.05, 3.63) is 24.2 Å². The van der Waals surface area contributed by atoms with Gasteiger partial charge in [0.15, 0.2) is 0 Å². The number of hydrogen-bond donors (Lipinski definition) is 2. The minimum absolute atomic E-state index is 0.00455. The molecule has 0 unspecified atom stereocenters. The average molecular weight is 418 g/mol. The SMILES string of the molecule is C[C@]12CC[C@H](SCCN)C[C@H]1CC[C@@H]1[C@@H]2CC[C@]2(C)[C@@H](c3ccoc3)CC[C@]12O. The van der Waals surface area contributed by atoms with Crippen LogP contribution in [-0.2, 0) is 0 Å². The largest absolute Gasteiger partial charge is 0.472 e. The molecule has 4 heteroatoms. The molecule has 1 heterocycles. The quantitative estimate of drug-likeness (QED) is 0.671. The second kappa shape index (κ2) is 7.31. The number of fused-ring (bicyclic) bond motifs is 5. The van der Waals surface area contributed by atoms with Crippen LogP contribution in [0.1, 0.15) is 83.1 Å². The molecule has 4 aliphatic rings. The lowest BCUT2D eigenvalue weighted by atomic mass is 9.43. The molecule has 0 aliphatic heterocycles. The van der Waals surface area contributed by atoms with Gasteiger partial charge in [-0.15, -0.1) is 0 Å². The molecule has 162 valence electrons. The van der Waals surface area contributed by atoms with Crippen molar-refractivity contribution < 1.29 is 9.52 Å². The summed E-state index contributed by atoms with van der Waals surface area (Å²) < 4.78 is 5.42. The van der Waals surface area contributed by atoms with Gasteiger partial charge >= 0.3 is 0 Å². The number of hydrogen-bond acceptors (Lipinski definition) is 4. The fourth-order valence-corrected chi connectivity index (χ4v) is 9.70. The molecule has 3 nitrogen and oxygen atoms in total. The van der Waals surface area contributed by atoms with Crippen LogP contribution in [-0.4, -0.2) is 28.3 Å². The molecule has 5 rings (SSSR count). The molecule has 1 aromatic rings. The van der Waals surface area contributed by atoms with E-state index in [1.165, 1.54) is 44.1 Å². The Morgan fingerprint density at radius 2 is 1.97 bits per heavy atom. The van der Waals surface area contributed by atoms with Crippen molar-refractivity contribution in [2.45, 2.75) is 88.4 Å². The van der Waals surface area contributed by atoms with E-state index < -0.39 is 5.60 Å². The average Bonchev–Trinajstić information content (AvgIpc) is 3.32. The Morgan fingerprint density at radius 3 is 2.72 bits per heavy atom. The molecule has 4 saturated carbocycles. The molecule has 1 aromatic heterocycles. The van der Waals surface area contributed by atoms with Crippen LogP contribution in [0.5, 0.6) is 0 Å². The normalized spacial score (nSPS) is 49.3. The smallest absolute Gasteiger partial charge is 0.0937 e. The summed E-state index contributed by atoms with van der Waals surface area (Å²) in [5, 5.41) is 13.1. The van der Waals surface area contributed by atoms with E-state index in [0.29, 0.717) is 23.2 Å². The summed E-state index contributed by atoms with van der Waals surface area (Å²) in [7, 11) is 0. The zero-order valence-electron chi connectivity index (χ0n) is 18.2. The molecule has 4 aliphatic carbocycles. The van der Waals surface area contributed by atoms with Crippen LogP contribution in [0.25, 0.3) is 0 Å². The predicted octanol–water partition coefficient (Wildman–Crippen LogP) is 5.58. The van der Waals surface area contributed by atoms with Gasteiger partial charge in [0.25, 0.3) is 0 Å². The Labute approximate surface area is 180 Å². The Balaban J connectivity index is 1.39. The molecule has 0 amide bonds. The Hall–Kier alpha value is -0.450. The maximum atomic E-state index is 12.3. The van der Waals surface area contributed by atoms with Crippen molar-refractivity contribution in [1.82, 2.24) is 0 Å². The minimum atomic E-state index is -0.503. The highest BCUT2D eigenvalue weighted by Gasteiger charge is 2.67. The molecule has 8 atom stereocenters. The van der Waals surface area contributed by atoms with E-state index in [2.05, 4.69) is 31.7 Å². The summed E-state index contributed by atoms with van der Waals surface area (Å²) in [5.74, 6) is 3.57. The number of furan rings is 1. The van der Waals surface area contributed by atoms with Crippen LogP contribution < -0.4 is 5.73 Å². The Bertz CT molecular complexity index is 722. The Kier molecular flexibility index (Phi) is 5.15. The third kappa shape index (κ3) is 2.91. The highest BCUT2D eigenvalue weighted by atomic mass is 32.2. The van der Waals surface area contributed by atoms with E-state index in [9.17, 15) is 5.11 Å². The summed E-state index contributed by atoms with van der Waals surface area (Å²) in [4.78, 5) is 0. The number of aliphatic hydroxyl groups is 1. The van der Waals surface area contributed by atoms with Gasteiger partial charge in [0.2, 0.25) is 0 Å². The lowest BCUT2D eigenvalue weighted by molar-refractivity contribution is -0.200. The molecule has 29 heavy (non-hydrogen) atoms. The maximum Gasteiger partial charge on any atom is 0.0937 e. The highest BCUT2D eigenvalue weighted by Crippen LogP contribution is 2.70. The minimum Gasteiger partial charge on any atom is -0.472 e. The van der Waals surface area contributed by atoms with Gasteiger partial charge in [-0.3, -0.25) is 0 Å². The number of nitrogens with two attached hydrogens (primary N) is 1.